The van der Waals surface area contributed by atoms with Crippen LogP contribution in [0.2, 0.25) is 0 Å². The zero-order chi connectivity index (χ0) is 28.1. The van der Waals surface area contributed by atoms with Gasteiger partial charge in [0.05, 0.1) is 26.1 Å². The summed E-state index contributed by atoms with van der Waals surface area (Å²) in [6, 6.07) is -1.70. The highest BCUT2D eigenvalue weighted by molar-refractivity contribution is 7.59. The van der Waals surface area contributed by atoms with Gasteiger partial charge in [0.2, 0.25) is 13.4 Å². The summed E-state index contributed by atoms with van der Waals surface area (Å²) in [5.74, 6) is -0.508. The van der Waals surface area contributed by atoms with E-state index >= 15 is 0 Å². The van der Waals surface area contributed by atoms with Gasteiger partial charge in [-0.2, -0.15) is 9.97 Å². The van der Waals surface area contributed by atoms with Crippen molar-refractivity contribution in [2.24, 2.45) is 0 Å². The van der Waals surface area contributed by atoms with E-state index in [2.05, 4.69) is 37.0 Å². The van der Waals surface area contributed by atoms with Gasteiger partial charge in [-0.15, -0.1) is 6.58 Å². The SMILES string of the molecule is C.C=CCNc1nc(N)nc2c1ncn2CCOCP(=O)(NC(CC)C(=O)OCC)NC(CC)C(=O)OCC. The summed E-state index contributed by atoms with van der Waals surface area (Å²) < 4.78 is 31.6. The van der Waals surface area contributed by atoms with Gasteiger partial charge in [-0.3, -0.25) is 14.2 Å². The number of hydrogen-bond acceptors (Lipinski definition) is 11. The molecule has 0 spiro atoms. The summed E-state index contributed by atoms with van der Waals surface area (Å²) in [6.45, 7) is 11.9. The van der Waals surface area contributed by atoms with Gasteiger partial charge in [0.15, 0.2) is 17.0 Å². The molecule has 220 valence electrons. The van der Waals surface area contributed by atoms with Crippen molar-refractivity contribution in [2.45, 2.75) is 66.6 Å². The summed E-state index contributed by atoms with van der Waals surface area (Å²) in [5.41, 5.74) is 6.90. The molecule has 2 aromatic heterocycles. The highest BCUT2D eigenvalue weighted by Crippen LogP contribution is 2.38. The van der Waals surface area contributed by atoms with Gasteiger partial charge >= 0.3 is 11.9 Å². The van der Waals surface area contributed by atoms with Crippen LogP contribution in [0.25, 0.3) is 11.2 Å². The second-order valence-corrected chi connectivity index (χ2v) is 10.4. The van der Waals surface area contributed by atoms with Crippen molar-refractivity contribution in [1.29, 1.82) is 0 Å². The Morgan fingerprint density at radius 2 is 1.69 bits per heavy atom. The predicted octanol–water partition coefficient (Wildman–Crippen LogP) is 2.67. The van der Waals surface area contributed by atoms with Crippen molar-refractivity contribution >= 4 is 42.3 Å². The number of carbonyl (C=O) groups is 2. The van der Waals surface area contributed by atoms with Gasteiger partial charge in [-0.1, -0.05) is 27.4 Å². The first-order chi connectivity index (χ1) is 18.2. The van der Waals surface area contributed by atoms with Crippen LogP contribution in [0.5, 0.6) is 0 Å². The minimum Gasteiger partial charge on any atom is -0.465 e. The van der Waals surface area contributed by atoms with Crippen molar-refractivity contribution in [3.8, 4) is 0 Å². The first kappa shape index (κ1) is 34.0. The van der Waals surface area contributed by atoms with E-state index < -0.39 is 31.5 Å². The molecule has 0 saturated heterocycles. The Labute approximate surface area is 229 Å². The molecular weight excluding hydrogens is 527 g/mol. The van der Waals surface area contributed by atoms with Crippen molar-refractivity contribution in [3.63, 3.8) is 0 Å². The fraction of sp³-hybridized carbons (Fsp3) is 0.625. The molecule has 5 N–H and O–H groups in total. The monoisotopic (exact) mass is 570 g/mol. The number of carbonyl (C=O) groups excluding carboxylic acids is 2. The summed E-state index contributed by atoms with van der Waals surface area (Å²) in [7, 11) is -3.62. The van der Waals surface area contributed by atoms with Crippen molar-refractivity contribution in [1.82, 2.24) is 29.7 Å². The van der Waals surface area contributed by atoms with Gasteiger partial charge < -0.3 is 29.8 Å². The Hall–Kier alpha value is -3.06. The molecule has 15 heteroatoms. The first-order valence-electron chi connectivity index (χ1n) is 12.6. The summed E-state index contributed by atoms with van der Waals surface area (Å²) in [4.78, 5) is 37.5. The number of nitrogens with one attached hydrogen (secondary N) is 3. The lowest BCUT2D eigenvalue weighted by atomic mass is 10.2. The first-order valence-corrected chi connectivity index (χ1v) is 14.5. The van der Waals surface area contributed by atoms with Gasteiger partial charge in [0.1, 0.15) is 18.4 Å². The molecule has 0 fully saturated rings. The quantitative estimate of drug-likeness (QED) is 0.0888. The van der Waals surface area contributed by atoms with E-state index in [9.17, 15) is 14.2 Å². The van der Waals surface area contributed by atoms with Gasteiger partial charge in [0, 0.05) is 13.1 Å². The molecule has 2 unspecified atom stereocenters. The van der Waals surface area contributed by atoms with Crippen LogP contribution in [0.1, 0.15) is 48.0 Å². The third kappa shape index (κ3) is 9.88. The number of imidazole rings is 1. The van der Waals surface area contributed by atoms with Crippen LogP contribution >= 0.6 is 7.44 Å². The number of aromatic nitrogens is 4. The Bertz CT molecular complexity index is 1100. The third-order valence-corrected chi connectivity index (χ3v) is 7.34. The van der Waals surface area contributed by atoms with E-state index in [4.69, 9.17) is 19.9 Å². The van der Waals surface area contributed by atoms with Gasteiger partial charge in [-0.25, -0.2) is 15.2 Å². The molecular formula is C24H43N8O6P. The molecule has 39 heavy (non-hydrogen) atoms. The van der Waals surface area contributed by atoms with Crippen LogP contribution in [-0.4, -0.2) is 76.3 Å². The predicted molar refractivity (Wildman–Crippen MR) is 151 cm³/mol. The number of nitrogen functional groups attached to an aromatic ring is 1. The molecule has 2 rings (SSSR count). The van der Waals surface area contributed by atoms with E-state index in [1.165, 1.54) is 0 Å². The summed E-state index contributed by atoms with van der Waals surface area (Å²) in [6.07, 6.45) is 3.62. The van der Waals surface area contributed by atoms with E-state index in [1.807, 2.05) is 0 Å². The van der Waals surface area contributed by atoms with Crippen molar-refractivity contribution < 1.29 is 28.4 Å². The van der Waals surface area contributed by atoms with Gasteiger partial charge in [0.25, 0.3) is 0 Å². The van der Waals surface area contributed by atoms with Gasteiger partial charge in [-0.05, 0) is 26.7 Å². The number of hydrogen-bond donors (Lipinski definition) is 4. The molecule has 0 aliphatic carbocycles. The maximum Gasteiger partial charge on any atom is 0.323 e. The third-order valence-electron chi connectivity index (χ3n) is 5.33. The van der Waals surface area contributed by atoms with E-state index in [-0.39, 0.29) is 39.5 Å². The number of nitrogens with zero attached hydrogens (tertiary/aromatic N) is 4. The Kier molecular flexibility index (Phi) is 14.6. The molecule has 0 amide bonds. The molecule has 14 nitrogen and oxygen atoms in total. The summed E-state index contributed by atoms with van der Waals surface area (Å²) >= 11 is 0. The Balaban J connectivity index is 0.00000760. The van der Waals surface area contributed by atoms with Crippen molar-refractivity contribution in [3.05, 3.63) is 19.0 Å². The molecule has 0 saturated carbocycles. The zero-order valence-electron chi connectivity index (χ0n) is 22.4. The summed E-state index contributed by atoms with van der Waals surface area (Å²) in [5, 5.41) is 8.77. The Morgan fingerprint density at radius 3 is 2.21 bits per heavy atom. The molecule has 0 radical (unpaired) electrons. The number of fused-ring (bicyclic) bond motifs is 1. The van der Waals surface area contributed by atoms with E-state index in [1.54, 1.807) is 44.7 Å². The van der Waals surface area contributed by atoms with Crippen molar-refractivity contribution in [2.75, 3.05) is 43.8 Å². The van der Waals surface area contributed by atoms with Crippen LogP contribution in [0.3, 0.4) is 0 Å². The molecule has 0 aromatic carbocycles. The maximum absolute atomic E-state index is 13.9. The highest BCUT2D eigenvalue weighted by Gasteiger charge is 2.34. The lowest BCUT2D eigenvalue weighted by Crippen LogP contribution is -2.44. The molecule has 0 aliphatic heterocycles. The lowest BCUT2D eigenvalue weighted by molar-refractivity contribution is -0.145. The van der Waals surface area contributed by atoms with Crippen LogP contribution in [0.15, 0.2) is 19.0 Å². The topological polar surface area (TPSA) is 185 Å². The van der Waals surface area contributed by atoms with E-state index in [0.29, 0.717) is 42.9 Å². The van der Waals surface area contributed by atoms with Crippen LogP contribution in [-0.2, 0) is 34.9 Å². The zero-order valence-corrected chi connectivity index (χ0v) is 23.3. The Morgan fingerprint density at radius 1 is 1.10 bits per heavy atom. The smallest absolute Gasteiger partial charge is 0.323 e. The number of rotatable bonds is 18. The normalized spacial score (nSPS) is 14.1. The number of esters is 2. The average Bonchev–Trinajstić information content (AvgIpc) is 3.30. The average molecular weight is 571 g/mol. The minimum absolute atomic E-state index is 0. The number of nitrogens with two attached hydrogens (primary N) is 1. The maximum atomic E-state index is 13.9. The standard InChI is InChI=1S/C23H39N8O6P.CH4/c1-6-11-25-19-18-20(28-23(24)27-19)31(14-26-18)12-13-35-15-38(34,29-16(7-2)21(32)36-9-4)30-17(8-3)22(33)37-10-5;/h6,14,16-17H,1,7-13,15H2,2-5H3,(H2,29,30,34)(H3,24,25,27,28);1H4. The van der Waals surface area contributed by atoms with Crippen LogP contribution in [0, 0.1) is 0 Å². The fourth-order valence-corrected chi connectivity index (χ4v) is 5.69. The molecule has 2 atom stereocenters. The number of anilines is 2. The van der Waals surface area contributed by atoms with Crippen LogP contribution < -0.4 is 21.2 Å². The second kappa shape index (κ2) is 16.8. The van der Waals surface area contributed by atoms with E-state index in [0.717, 1.165) is 0 Å². The largest absolute Gasteiger partial charge is 0.465 e. The molecule has 0 aliphatic rings. The second-order valence-electron chi connectivity index (χ2n) is 8.17. The molecule has 2 heterocycles. The molecule has 0 bridgehead atoms. The number of ether oxygens (including phenoxy) is 3. The highest BCUT2D eigenvalue weighted by atomic mass is 31.2. The molecule has 2 aromatic rings. The minimum atomic E-state index is -3.62. The van der Waals surface area contributed by atoms with Crippen LogP contribution in [0.4, 0.5) is 11.8 Å². The fourth-order valence-electron chi connectivity index (χ4n) is 3.50. The lowest BCUT2D eigenvalue weighted by Gasteiger charge is -2.28.